The lowest BCUT2D eigenvalue weighted by Crippen LogP contribution is -2.39. The third kappa shape index (κ3) is 6.39. The van der Waals surface area contributed by atoms with Crippen LogP contribution in [0.25, 0.3) is 0 Å². The van der Waals surface area contributed by atoms with Gasteiger partial charge in [0.05, 0.1) is 11.6 Å². The molecule has 0 bridgehead atoms. The average molecular weight is 343 g/mol. The van der Waals surface area contributed by atoms with Crippen LogP contribution in [0.2, 0.25) is 0 Å². The van der Waals surface area contributed by atoms with Gasteiger partial charge < -0.3 is 15.0 Å². The Morgan fingerprint density at radius 3 is 2.52 bits per heavy atom. The molecule has 1 aliphatic carbocycles. The summed E-state index contributed by atoms with van der Waals surface area (Å²) in [6.07, 6.45) is 2.84. The summed E-state index contributed by atoms with van der Waals surface area (Å²) >= 11 is 0. The second kappa shape index (κ2) is 8.35. The molecule has 2 rings (SSSR count). The highest BCUT2D eigenvalue weighted by atomic mass is 16.6. The molecule has 1 atom stereocenters. The van der Waals surface area contributed by atoms with Crippen molar-refractivity contribution in [3.05, 3.63) is 35.4 Å². The fourth-order valence-corrected chi connectivity index (χ4v) is 2.66. The molecule has 5 heteroatoms. The first-order valence-corrected chi connectivity index (χ1v) is 9.03. The Morgan fingerprint density at radius 2 is 2.00 bits per heavy atom. The molecule has 25 heavy (non-hydrogen) atoms. The number of nitriles is 1. The van der Waals surface area contributed by atoms with Crippen molar-refractivity contribution in [3.63, 3.8) is 0 Å². The lowest BCUT2D eigenvalue weighted by Gasteiger charge is -2.27. The van der Waals surface area contributed by atoms with E-state index in [-0.39, 0.29) is 12.1 Å². The minimum atomic E-state index is -0.452. The summed E-state index contributed by atoms with van der Waals surface area (Å²) in [5, 5.41) is 12.3. The van der Waals surface area contributed by atoms with Gasteiger partial charge in [0.1, 0.15) is 5.60 Å². The van der Waals surface area contributed by atoms with E-state index in [1.54, 1.807) is 0 Å². The molecule has 0 heterocycles. The molecule has 1 aliphatic rings. The van der Waals surface area contributed by atoms with E-state index in [9.17, 15) is 4.79 Å². The predicted molar refractivity (Wildman–Crippen MR) is 98.2 cm³/mol. The van der Waals surface area contributed by atoms with Gasteiger partial charge in [-0.05, 0) is 71.2 Å². The third-order valence-electron chi connectivity index (χ3n) is 4.18. The SMILES string of the molecule is CC(NCCCN(C(=O)OC(C)(C)C)C1CC1)c1ccc(C#N)cc1. The highest BCUT2D eigenvalue weighted by Crippen LogP contribution is 2.28. The van der Waals surface area contributed by atoms with Gasteiger partial charge in [0.2, 0.25) is 0 Å². The Labute approximate surface area is 151 Å². The normalized spacial score (nSPS) is 15.3. The molecule has 5 nitrogen and oxygen atoms in total. The van der Waals surface area contributed by atoms with E-state index in [1.807, 2.05) is 49.9 Å². The Kier molecular flexibility index (Phi) is 6.44. The largest absolute Gasteiger partial charge is 0.444 e. The summed E-state index contributed by atoms with van der Waals surface area (Å²) in [6, 6.07) is 10.3. The maximum Gasteiger partial charge on any atom is 0.410 e. The number of amides is 1. The van der Waals surface area contributed by atoms with Crippen LogP contribution in [-0.2, 0) is 4.74 Å². The van der Waals surface area contributed by atoms with Gasteiger partial charge in [-0.1, -0.05) is 12.1 Å². The van der Waals surface area contributed by atoms with Crippen LogP contribution >= 0.6 is 0 Å². The van der Waals surface area contributed by atoms with Gasteiger partial charge in [0, 0.05) is 18.6 Å². The Bertz CT molecular complexity index is 609. The first kappa shape index (κ1) is 19.3. The smallest absolute Gasteiger partial charge is 0.410 e. The number of rotatable bonds is 7. The molecule has 1 saturated carbocycles. The maximum absolute atomic E-state index is 12.3. The fraction of sp³-hybridized carbons (Fsp3) is 0.600. The van der Waals surface area contributed by atoms with Crippen LogP contribution in [0.4, 0.5) is 4.79 Å². The number of nitrogens with zero attached hydrogens (tertiary/aromatic N) is 2. The number of carbonyl (C=O) groups excluding carboxylic acids is 1. The molecule has 0 radical (unpaired) electrons. The second-order valence-electron chi connectivity index (χ2n) is 7.67. The molecule has 1 fully saturated rings. The number of nitrogens with one attached hydrogen (secondary N) is 1. The molecule has 0 spiro atoms. The van der Waals surface area contributed by atoms with Crippen molar-refractivity contribution >= 4 is 6.09 Å². The monoisotopic (exact) mass is 343 g/mol. The van der Waals surface area contributed by atoms with E-state index in [4.69, 9.17) is 10.00 Å². The first-order valence-electron chi connectivity index (χ1n) is 9.03. The van der Waals surface area contributed by atoms with E-state index in [1.165, 1.54) is 0 Å². The van der Waals surface area contributed by atoms with Gasteiger partial charge in [-0.2, -0.15) is 5.26 Å². The summed E-state index contributed by atoms with van der Waals surface area (Å²) in [5.41, 5.74) is 1.38. The molecule has 1 amide bonds. The van der Waals surface area contributed by atoms with Gasteiger partial charge in [-0.15, -0.1) is 0 Å². The van der Waals surface area contributed by atoms with Crippen LogP contribution in [0.3, 0.4) is 0 Å². The molecule has 1 N–H and O–H groups in total. The number of ether oxygens (including phenoxy) is 1. The zero-order valence-electron chi connectivity index (χ0n) is 15.7. The number of hydrogen-bond acceptors (Lipinski definition) is 4. The van der Waals surface area contributed by atoms with Crippen molar-refractivity contribution in [2.75, 3.05) is 13.1 Å². The van der Waals surface area contributed by atoms with Crippen molar-refractivity contribution in [1.29, 1.82) is 5.26 Å². The van der Waals surface area contributed by atoms with Crippen LogP contribution in [0.1, 0.15) is 64.1 Å². The van der Waals surface area contributed by atoms with Crippen molar-refractivity contribution < 1.29 is 9.53 Å². The fourth-order valence-electron chi connectivity index (χ4n) is 2.66. The van der Waals surface area contributed by atoms with Gasteiger partial charge in [-0.25, -0.2) is 4.79 Å². The van der Waals surface area contributed by atoms with Gasteiger partial charge >= 0.3 is 6.09 Å². The summed E-state index contributed by atoms with van der Waals surface area (Å²) in [4.78, 5) is 14.2. The van der Waals surface area contributed by atoms with Gasteiger partial charge in [0.25, 0.3) is 0 Å². The molecule has 1 unspecified atom stereocenters. The van der Waals surface area contributed by atoms with E-state index >= 15 is 0 Å². The first-order chi connectivity index (χ1) is 11.8. The number of hydrogen-bond donors (Lipinski definition) is 1. The predicted octanol–water partition coefficient (Wildman–Crippen LogP) is 4.00. The minimum Gasteiger partial charge on any atom is -0.444 e. The highest BCUT2D eigenvalue weighted by molar-refractivity contribution is 5.69. The lowest BCUT2D eigenvalue weighted by molar-refractivity contribution is 0.0232. The van der Waals surface area contributed by atoms with Crippen LogP contribution < -0.4 is 5.32 Å². The second-order valence-corrected chi connectivity index (χ2v) is 7.67. The number of benzene rings is 1. The zero-order valence-corrected chi connectivity index (χ0v) is 15.7. The van der Waals surface area contributed by atoms with Gasteiger partial charge in [-0.3, -0.25) is 0 Å². The molecule has 0 aliphatic heterocycles. The number of carbonyl (C=O) groups is 1. The standard InChI is InChI=1S/C20H29N3O2/c1-15(17-8-6-16(14-21)7-9-17)22-12-5-13-23(18-10-11-18)19(24)25-20(2,3)4/h6-9,15,18,22H,5,10-13H2,1-4H3. The lowest BCUT2D eigenvalue weighted by atomic mass is 10.1. The molecule has 0 aromatic heterocycles. The van der Waals surface area contributed by atoms with Crippen molar-refractivity contribution in [2.24, 2.45) is 0 Å². The average Bonchev–Trinajstić information content (AvgIpc) is 3.37. The minimum absolute atomic E-state index is 0.199. The summed E-state index contributed by atoms with van der Waals surface area (Å²) < 4.78 is 5.51. The molecule has 136 valence electrons. The topological polar surface area (TPSA) is 65.4 Å². The Hall–Kier alpha value is -2.06. The van der Waals surface area contributed by atoms with Gasteiger partial charge in [0.15, 0.2) is 0 Å². The molecule has 1 aromatic rings. The molecule has 0 saturated heterocycles. The van der Waals surface area contributed by atoms with Crippen LogP contribution in [-0.4, -0.2) is 35.7 Å². The molecule has 1 aromatic carbocycles. The molecular weight excluding hydrogens is 314 g/mol. The maximum atomic E-state index is 12.3. The van der Waals surface area contributed by atoms with Crippen LogP contribution in [0.15, 0.2) is 24.3 Å². The van der Waals surface area contributed by atoms with Crippen molar-refractivity contribution in [1.82, 2.24) is 10.2 Å². The Balaban J connectivity index is 1.76. The van der Waals surface area contributed by atoms with Crippen LogP contribution in [0, 0.1) is 11.3 Å². The van der Waals surface area contributed by atoms with E-state index in [2.05, 4.69) is 18.3 Å². The highest BCUT2D eigenvalue weighted by Gasteiger charge is 2.34. The third-order valence-corrected chi connectivity index (χ3v) is 4.18. The summed E-state index contributed by atoms with van der Waals surface area (Å²) in [5.74, 6) is 0. The quantitative estimate of drug-likeness (QED) is 0.760. The molecular formula is C20H29N3O2. The van der Waals surface area contributed by atoms with E-state index in [0.717, 1.165) is 31.4 Å². The summed E-state index contributed by atoms with van der Waals surface area (Å²) in [7, 11) is 0. The summed E-state index contributed by atoms with van der Waals surface area (Å²) in [6.45, 7) is 9.35. The van der Waals surface area contributed by atoms with Crippen LogP contribution in [0.5, 0.6) is 0 Å². The Morgan fingerprint density at radius 1 is 1.36 bits per heavy atom. The van der Waals surface area contributed by atoms with Crippen molar-refractivity contribution in [3.8, 4) is 6.07 Å². The van der Waals surface area contributed by atoms with E-state index in [0.29, 0.717) is 18.2 Å². The van der Waals surface area contributed by atoms with E-state index < -0.39 is 5.60 Å². The van der Waals surface area contributed by atoms with Crippen molar-refractivity contribution in [2.45, 2.75) is 64.6 Å². The zero-order chi connectivity index (χ0) is 18.4.